The third-order valence-electron chi connectivity index (χ3n) is 8.63. The third-order valence-corrected chi connectivity index (χ3v) is 9.06. The highest BCUT2D eigenvalue weighted by Gasteiger charge is 2.37. The normalized spacial score (nSPS) is 18.4. The Labute approximate surface area is 277 Å². The molecule has 9 rings (SSSR count). The van der Waals surface area contributed by atoms with E-state index in [0.717, 1.165) is 39.7 Å². The van der Waals surface area contributed by atoms with Gasteiger partial charge in [-0.15, -0.1) is 0 Å². The van der Waals surface area contributed by atoms with E-state index in [9.17, 15) is 5.26 Å². The first kappa shape index (κ1) is 29.9. The lowest BCUT2D eigenvalue weighted by Gasteiger charge is -2.36. The van der Waals surface area contributed by atoms with Gasteiger partial charge < -0.3 is 28.5 Å². The number of nitrogens with zero attached hydrogens (tertiary/aromatic N) is 12. The maximum absolute atomic E-state index is 9.21. The van der Waals surface area contributed by atoms with Gasteiger partial charge in [0.25, 0.3) is 0 Å². The highest BCUT2D eigenvalue weighted by Crippen LogP contribution is 2.37. The molecule has 0 unspecified atom stereocenters. The molecule has 0 atom stereocenters. The second-order valence-electron chi connectivity index (χ2n) is 12.6. The first-order chi connectivity index (χ1) is 22.5. The lowest BCUT2D eigenvalue weighted by Crippen LogP contribution is -2.46. The fraction of sp³-hybridized carbons (Fsp3) is 0.433. The van der Waals surface area contributed by atoms with E-state index >= 15 is 0 Å². The number of imidazole rings is 3. The fourth-order valence-electron chi connectivity index (χ4n) is 6.22. The molecule has 6 aromatic rings. The summed E-state index contributed by atoms with van der Waals surface area (Å²) in [7, 11) is 0. The molecule has 0 spiro atoms. The van der Waals surface area contributed by atoms with Crippen LogP contribution in [0.1, 0.15) is 39.3 Å². The number of hydrogen-bond donors (Lipinski definition) is 1. The van der Waals surface area contributed by atoms with Crippen molar-refractivity contribution in [2.45, 2.75) is 52.0 Å². The number of aromatic nitrogens is 11. The number of rotatable bonds is 2. The fourth-order valence-corrected chi connectivity index (χ4v) is 6.63. The summed E-state index contributed by atoms with van der Waals surface area (Å²) in [5.74, 6) is 2.99. The van der Waals surface area contributed by atoms with Crippen molar-refractivity contribution in [3.05, 3.63) is 40.7 Å². The van der Waals surface area contributed by atoms with Gasteiger partial charge in [0.1, 0.15) is 28.4 Å². The number of aromatic amines is 1. The van der Waals surface area contributed by atoms with Gasteiger partial charge in [-0.05, 0) is 45.4 Å². The molecule has 3 aliphatic rings. The molecule has 1 N–H and O–H groups in total. The summed E-state index contributed by atoms with van der Waals surface area (Å²) in [6, 6.07) is 4.28. The summed E-state index contributed by atoms with van der Waals surface area (Å²) >= 11 is 11.8. The maximum Gasteiger partial charge on any atom is 0.225 e. The van der Waals surface area contributed by atoms with Gasteiger partial charge in [-0.1, -0.05) is 11.6 Å². The summed E-state index contributed by atoms with van der Waals surface area (Å²) in [4.78, 5) is 41.0. The van der Waals surface area contributed by atoms with E-state index in [4.69, 9.17) is 47.6 Å². The number of fused-ring (bicyclic) bond motifs is 7. The molecule has 9 heterocycles. The smallest absolute Gasteiger partial charge is 0.225 e. The zero-order valence-corrected chi connectivity index (χ0v) is 27.5. The van der Waals surface area contributed by atoms with Crippen molar-refractivity contribution in [2.24, 2.45) is 5.92 Å². The summed E-state index contributed by atoms with van der Waals surface area (Å²) < 4.78 is 15.7. The predicted octanol–water partition coefficient (Wildman–Crippen LogP) is 4.39. The van der Waals surface area contributed by atoms with Crippen LogP contribution in [0.15, 0.2) is 18.6 Å². The topological polar surface area (TPSA) is 174 Å². The van der Waals surface area contributed by atoms with Gasteiger partial charge in [0.05, 0.1) is 37.0 Å². The van der Waals surface area contributed by atoms with Crippen molar-refractivity contribution in [1.82, 2.24) is 54.0 Å². The van der Waals surface area contributed by atoms with E-state index in [1.807, 2.05) is 38.3 Å². The second kappa shape index (κ2) is 10.8. The van der Waals surface area contributed by atoms with Crippen LogP contribution >= 0.6 is 23.2 Å². The molecular weight excluding hydrogens is 645 g/mol. The molecule has 1 fully saturated rings. The quantitative estimate of drug-likeness (QED) is 0.203. The molecule has 240 valence electrons. The Balaban J connectivity index is 0.000000162. The van der Waals surface area contributed by atoms with Crippen molar-refractivity contribution < 1.29 is 9.47 Å². The number of hydrogen-bond acceptors (Lipinski definition) is 12. The predicted molar refractivity (Wildman–Crippen MR) is 173 cm³/mol. The summed E-state index contributed by atoms with van der Waals surface area (Å²) in [6.45, 7) is 11.8. The average molecular weight is 675 g/mol. The summed E-state index contributed by atoms with van der Waals surface area (Å²) in [5.41, 5.74) is 4.10. The Morgan fingerprint density at radius 2 is 1.53 bits per heavy atom. The van der Waals surface area contributed by atoms with Gasteiger partial charge in [-0.2, -0.15) is 10.2 Å². The van der Waals surface area contributed by atoms with E-state index < -0.39 is 11.2 Å². The number of nitriles is 1. The van der Waals surface area contributed by atoms with Gasteiger partial charge in [0.15, 0.2) is 39.3 Å². The van der Waals surface area contributed by atoms with E-state index in [2.05, 4.69) is 45.4 Å². The monoisotopic (exact) mass is 673 g/mol. The van der Waals surface area contributed by atoms with Gasteiger partial charge in [-0.3, -0.25) is 0 Å². The van der Waals surface area contributed by atoms with Crippen LogP contribution < -0.4 is 4.90 Å². The van der Waals surface area contributed by atoms with E-state index in [1.54, 1.807) is 12.5 Å². The van der Waals surface area contributed by atoms with Crippen LogP contribution in [0, 0.1) is 17.2 Å². The largest absolute Gasteiger partial charge is 0.366 e. The number of ether oxygens (including phenoxy) is 2. The minimum absolute atomic E-state index is 0.0125. The second-order valence-corrected chi connectivity index (χ2v) is 13.3. The van der Waals surface area contributed by atoms with Crippen LogP contribution in [0.2, 0.25) is 10.4 Å². The van der Waals surface area contributed by atoms with Crippen molar-refractivity contribution in [3.63, 3.8) is 0 Å². The molecule has 1 saturated heterocycles. The number of halogens is 2. The number of anilines is 1. The Kier molecular flexibility index (Phi) is 6.85. The molecule has 3 aliphatic heterocycles. The molecule has 0 aliphatic carbocycles. The van der Waals surface area contributed by atoms with Crippen molar-refractivity contribution in [2.75, 3.05) is 31.2 Å². The lowest BCUT2D eigenvalue weighted by atomic mass is 10.0. The van der Waals surface area contributed by atoms with Crippen molar-refractivity contribution >= 4 is 62.5 Å². The number of nitrogens with one attached hydrogen (secondary N) is 1. The van der Waals surface area contributed by atoms with Crippen LogP contribution in [0.4, 0.5) is 5.82 Å². The standard InChI is InChI=1S/C20H19N9O.C10H10Cl2N4O/c1-20(2)19-25-14-17(28-8-11(6-21)9-28)26-15(27-18(14)29(19)3-4-30-20)12-5-13-16(22-7-12)24-10-23-13;1-10(2)8-13-5-6(11)14-9(12)15-7(5)16(8)3-4-17-10/h5,7,10-11H,3-4,8-9H2,1-2H3,(H,22,23,24);3-4H2,1-2H3. The molecule has 17 heteroatoms. The van der Waals surface area contributed by atoms with Crippen LogP contribution in [-0.2, 0) is 33.8 Å². The van der Waals surface area contributed by atoms with Crippen LogP contribution in [0.3, 0.4) is 0 Å². The SMILES string of the molecule is CC1(C)OCCn2c1nc1c(Cl)nc(Cl)nc12.CC1(C)OCCn2c1nc1c(N3CC(C#N)C3)nc(-c3cnc4nc[nH]c4c3)nc12. The lowest BCUT2D eigenvalue weighted by molar-refractivity contribution is -0.0532. The number of pyridine rings is 1. The van der Waals surface area contributed by atoms with Gasteiger partial charge >= 0.3 is 0 Å². The summed E-state index contributed by atoms with van der Waals surface area (Å²) in [5, 5.41) is 9.62. The molecule has 0 saturated carbocycles. The molecule has 0 amide bonds. The van der Waals surface area contributed by atoms with Crippen LogP contribution in [-0.4, -0.2) is 80.3 Å². The molecule has 0 aromatic carbocycles. The van der Waals surface area contributed by atoms with E-state index in [1.165, 1.54) is 0 Å². The zero-order chi connectivity index (χ0) is 32.7. The molecule has 6 aromatic heterocycles. The minimum Gasteiger partial charge on any atom is -0.366 e. The van der Waals surface area contributed by atoms with Gasteiger partial charge in [-0.25, -0.2) is 34.9 Å². The summed E-state index contributed by atoms with van der Waals surface area (Å²) in [6.07, 6.45) is 3.36. The van der Waals surface area contributed by atoms with Crippen molar-refractivity contribution in [3.8, 4) is 17.5 Å². The van der Waals surface area contributed by atoms with E-state index in [-0.39, 0.29) is 16.4 Å². The highest BCUT2D eigenvalue weighted by molar-refractivity contribution is 6.35. The van der Waals surface area contributed by atoms with Crippen LogP contribution in [0.25, 0.3) is 44.9 Å². The number of H-pyrrole nitrogens is 1. The molecule has 0 radical (unpaired) electrons. The molecule has 47 heavy (non-hydrogen) atoms. The average Bonchev–Trinajstić information content (AvgIpc) is 3.73. The first-order valence-electron chi connectivity index (χ1n) is 15.1. The highest BCUT2D eigenvalue weighted by atomic mass is 35.5. The van der Waals surface area contributed by atoms with Crippen molar-refractivity contribution in [1.29, 1.82) is 5.26 Å². The minimum atomic E-state index is -0.503. The van der Waals surface area contributed by atoms with Gasteiger partial charge in [0, 0.05) is 37.9 Å². The van der Waals surface area contributed by atoms with Crippen LogP contribution in [0.5, 0.6) is 0 Å². The molecular formula is C30H29Cl2N13O2. The van der Waals surface area contributed by atoms with E-state index in [0.29, 0.717) is 62.0 Å². The molecule has 0 bridgehead atoms. The Hall–Kier alpha value is -4.49. The molecule has 15 nitrogen and oxygen atoms in total. The Morgan fingerprint density at radius 1 is 0.872 bits per heavy atom. The third kappa shape index (κ3) is 4.94. The maximum atomic E-state index is 9.21. The Bertz CT molecular complexity index is 2240. The Morgan fingerprint density at radius 3 is 2.21 bits per heavy atom. The zero-order valence-electron chi connectivity index (χ0n) is 26.0. The van der Waals surface area contributed by atoms with Gasteiger partial charge in [0.2, 0.25) is 5.28 Å². The first-order valence-corrected chi connectivity index (χ1v) is 15.9.